The number of aromatic nitrogens is 6. The van der Waals surface area contributed by atoms with Crippen LogP contribution < -0.4 is 9.80 Å². The van der Waals surface area contributed by atoms with Gasteiger partial charge in [0.2, 0.25) is 0 Å². The van der Waals surface area contributed by atoms with Gasteiger partial charge in [0.05, 0.1) is 17.1 Å². The molecule has 0 aliphatic heterocycles. The number of aryl methyl sites for hydroxylation is 1. The number of hydrogen-bond acceptors (Lipinski definition) is 11. The first-order valence-electron chi connectivity index (χ1n) is 23.9. The molecule has 6 rings (SSSR count). The highest BCUT2D eigenvalue weighted by molar-refractivity contribution is 5.86. The fourth-order valence-corrected chi connectivity index (χ4v) is 9.21. The van der Waals surface area contributed by atoms with Crippen molar-refractivity contribution in [3.8, 4) is 22.8 Å². The topological polar surface area (TPSA) is 97.9 Å². The summed E-state index contributed by atoms with van der Waals surface area (Å²) in [5.74, 6) is 1.59. The maximum atomic E-state index is 14.5. The van der Waals surface area contributed by atoms with E-state index in [-0.39, 0.29) is 6.04 Å². The summed E-state index contributed by atoms with van der Waals surface area (Å²) in [4.78, 5) is 49.3. The summed E-state index contributed by atoms with van der Waals surface area (Å²) in [6.07, 6.45) is 4.77. The van der Waals surface area contributed by atoms with Crippen molar-refractivity contribution >= 4 is 40.0 Å². The molecule has 0 saturated carbocycles. The van der Waals surface area contributed by atoms with Crippen LogP contribution in [0.15, 0.2) is 85.2 Å². The van der Waals surface area contributed by atoms with Gasteiger partial charge in [-0.3, -0.25) is 0 Å². The van der Waals surface area contributed by atoms with Crippen molar-refractivity contribution in [2.75, 3.05) is 108 Å². The maximum Gasteiger partial charge on any atom is 0.178 e. The average Bonchev–Trinajstić information content (AvgIpc) is 3.89. The number of carbonyl (C=O) groups excluding carboxylic acids is 1. The number of nitrogens with zero attached hydrogens (tertiary/aromatic N) is 12. The molecule has 0 spiro atoms. The third kappa shape index (κ3) is 10.8. The van der Waals surface area contributed by atoms with E-state index >= 15 is 0 Å². The molecular formula is C51H74N12O. The van der Waals surface area contributed by atoms with Crippen molar-refractivity contribution in [1.29, 1.82) is 0 Å². The van der Waals surface area contributed by atoms with Crippen molar-refractivity contribution in [2.24, 2.45) is 7.05 Å². The van der Waals surface area contributed by atoms with Gasteiger partial charge in [-0.1, -0.05) is 79.7 Å². The Morgan fingerprint density at radius 1 is 0.531 bits per heavy atom. The average molecular weight is 871 g/mol. The molecule has 0 bridgehead atoms. The first-order valence-corrected chi connectivity index (χ1v) is 23.9. The molecule has 0 amide bonds. The highest BCUT2D eigenvalue weighted by Gasteiger charge is 2.36. The van der Waals surface area contributed by atoms with E-state index in [9.17, 15) is 4.79 Å². The lowest BCUT2D eigenvalue weighted by Gasteiger charge is -2.42. The van der Waals surface area contributed by atoms with Gasteiger partial charge in [-0.2, -0.15) is 0 Å². The molecule has 64 heavy (non-hydrogen) atoms. The summed E-state index contributed by atoms with van der Waals surface area (Å²) in [7, 11) is 2.06. The number of benzene rings is 2. The molecule has 0 N–H and O–H groups in total. The Morgan fingerprint density at radius 2 is 1.00 bits per heavy atom. The zero-order valence-corrected chi connectivity index (χ0v) is 40.2. The van der Waals surface area contributed by atoms with E-state index in [0.29, 0.717) is 24.4 Å². The smallest absolute Gasteiger partial charge is 0.178 e. The van der Waals surface area contributed by atoms with Gasteiger partial charge in [-0.05, 0) is 101 Å². The molecule has 0 saturated heterocycles. The third-order valence-electron chi connectivity index (χ3n) is 13.3. The van der Waals surface area contributed by atoms with Gasteiger partial charge in [0, 0.05) is 87.8 Å². The standard InChI is InChI=1S/C51H74N12O/c1-10-57(11-2)32-35-61(36-33-58(12-3)13-4)42-26-20-18-24-40(42)51-55-49-45(29-23-31-53-49)63(51)47(39-64)46(38-60(16-7)17-8)62(37-34-59(14-5)15-6)43-27-21-19-25-41(43)50-54-48-44(56(50)9)28-22-30-52-48/h18-31,39,46-47H,10-17,32-38H2,1-9H3. The van der Waals surface area contributed by atoms with Crippen molar-refractivity contribution in [2.45, 2.75) is 67.5 Å². The van der Waals surface area contributed by atoms with Crippen LogP contribution >= 0.6 is 0 Å². The van der Waals surface area contributed by atoms with Gasteiger partial charge in [-0.15, -0.1) is 0 Å². The minimum absolute atomic E-state index is 0.313. The largest absolute Gasteiger partial charge is 0.368 e. The molecule has 344 valence electrons. The van der Waals surface area contributed by atoms with Crippen molar-refractivity contribution in [1.82, 2.24) is 48.7 Å². The van der Waals surface area contributed by atoms with E-state index in [4.69, 9.17) is 15.0 Å². The molecule has 4 aromatic heterocycles. The normalized spacial score (nSPS) is 13.0. The van der Waals surface area contributed by atoms with E-state index in [1.54, 1.807) is 12.4 Å². The molecular weight excluding hydrogens is 797 g/mol. The first-order chi connectivity index (χ1) is 31.3. The second-order valence-electron chi connectivity index (χ2n) is 16.5. The highest BCUT2D eigenvalue weighted by atomic mass is 16.1. The minimum Gasteiger partial charge on any atom is -0.368 e. The Morgan fingerprint density at radius 3 is 1.53 bits per heavy atom. The number of aldehydes is 1. The number of fused-ring (bicyclic) bond motifs is 2. The maximum absolute atomic E-state index is 14.5. The number of pyridine rings is 2. The van der Waals surface area contributed by atoms with Crippen LogP contribution in [-0.4, -0.2) is 159 Å². The SMILES string of the molecule is CCN(CC)CCN(CCN(CC)CC)c1ccccc1-c1nc2ncccc2n1C(C=O)C(CN(CC)CC)N(CCN(CC)CC)c1ccccc1-c1nc2ncccc2n1C. The van der Waals surface area contributed by atoms with Gasteiger partial charge < -0.3 is 43.3 Å². The van der Waals surface area contributed by atoms with Gasteiger partial charge in [0.1, 0.15) is 24.0 Å². The minimum atomic E-state index is -0.649. The van der Waals surface area contributed by atoms with Gasteiger partial charge >= 0.3 is 0 Å². The molecule has 6 aromatic rings. The van der Waals surface area contributed by atoms with E-state index in [1.165, 1.54) is 6.29 Å². The van der Waals surface area contributed by atoms with Crippen LogP contribution in [0, 0.1) is 0 Å². The third-order valence-corrected chi connectivity index (χ3v) is 13.3. The molecule has 0 radical (unpaired) electrons. The second kappa shape index (κ2) is 23.6. The summed E-state index contributed by atoms with van der Waals surface area (Å²) >= 11 is 0. The van der Waals surface area contributed by atoms with Gasteiger partial charge in [0.25, 0.3) is 0 Å². The molecule has 0 aliphatic rings. The van der Waals surface area contributed by atoms with E-state index < -0.39 is 6.04 Å². The van der Waals surface area contributed by atoms with Gasteiger partial charge in [0.15, 0.2) is 11.3 Å². The van der Waals surface area contributed by atoms with Crippen LogP contribution in [-0.2, 0) is 11.8 Å². The van der Waals surface area contributed by atoms with Crippen molar-refractivity contribution in [3.05, 3.63) is 85.2 Å². The van der Waals surface area contributed by atoms with Crippen molar-refractivity contribution < 1.29 is 4.79 Å². The van der Waals surface area contributed by atoms with Crippen LogP contribution in [0.4, 0.5) is 11.4 Å². The number of carbonyl (C=O) groups is 1. The monoisotopic (exact) mass is 871 g/mol. The fraction of sp³-hybridized carbons (Fsp3) is 0.510. The number of hydrogen-bond donors (Lipinski definition) is 0. The molecule has 2 unspecified atom stereocenters. The highest BCUT2D eigenvalue weighted by Crippen LogP contribution is 2.39. The number of imidazole rings is 2. The van der Waals surface area contributed by atoms with Gasteiger partial charge in [-0.25, -0.2) is 19.9 Å². The summed E-state index contributed by atoms with van der Waals surface area (Å²) in [6, 6.07) is 24.3. The van der Waals surface area contributed by atoms with Crippen molar-refractivity contribution in [3.63, 3.8) is 0 Å². The lowest BCUT2D eigenvalue weighted by molar-refractivity contribution is -0.111. The summed E-state index contributed by atoms with van der Waals surface area (Å²) in [6.45, 7) is 31.1. The summed E-state index contributed by atoms with van der Waals surface area (Å²) in [5.41, 5.74) is 7.27. The Labute approximate surface area is 382 Å². The Kier molecular flexibility index (Phi) is 17.8. The molecule has 4 heterocycles. The quantitative estimate of drug-likeness (QED) is 0.0474. The number of anilines is 2. The number of para-hydroxylation sites is 2. The fourth-order valence-electron chi connectivity index (χ4n) is 9.21. The van der Waals surface area contributed by atoms with Crippen LogP contribution in [0.3, 0.4) is 0 Å². The molecule has 0 aliphatic carbocycles. The van der Waals surface area contributed by atoms with Crippen LogP contribution in [0.25, 0.3) is 45.1 Å². The Hall–Kier alpha value is -5.21. The van der Waals surface area contributed by atoms with Crippen LogP contribution in [0.1, 0.15) is 61.4 Å². The molecule has 13 nitrogen and oxygen atoms in total. The van der Waals surface area contributed by atoms with E-state index in [2.05, 4.69) is 167 Å². The lowest BCUT2D eigenvalue weighted by atomic mass is 10.0. The van der Waals surface area contributed by atoms with E-state index in [0.717, 1.165) is 130 Å². The second-order valence-corrected chi connectivity index (χ2v) is 16.5. The molecule has 2 atom stereocenters. The van der Waals surface area contributed by atoms with Crippen LogP contribution in [0.2, 0.25) is 0 Å². The van der Waals surface area contributed by atoms with Crippen LogP contribution in [0.5, 0.6) is 0 Å². The zero-order valence-electron chi connectivity index (χ0n) is 40.2. The first kappa shape index (κ1) is 48.3. The predicted octanol–water partition coefficient (Wildman–Crippen LogP) is 7.84. The zero-order chi connectivity index (χ0) is 45.6. The number of likely N-dealkylation sites (N-methyl/N-ethyl adjacent to an activating group) is 4. The Bertz CT molecular complexity index is 2330. The Balaban J connectivity index is 1.58. The lowest BCUT2D eigenvalue weighted by Crippen LogP contribution is -2.52. The predicted molar refractivity (Wildman–Crippen MR) is 267 cm³/mol. The molecule has 13 heteroatoms. The number of rotatable bonds is 27. The molecule has 0 fully saturated rings. The summed E-state index contributed by atoms with van der Waals surface area (Å²) in [5, 5.41) is 0. The van der Waals surface area contributed by atoms with E-state index in [1.807, 2.05) is 12.1 Å². The summed E-state index contributed by atoms with van der Waals surface area (Å²) < 4.78 is 4.35. The molecule has 2 aromatic carbocycles.